The summed E-state index contributed by atoms with van der Waals surface area (Å²) in [5.74, 6) is -0.740. The summed E-state index contributed by atoms with van der Waals surface area (Å²) in [4.78, 5) is 11.3. The normalized spacial score (nSPS) is 13.2. The molecular weight excluding hydrogens is 283 g/mol. The number of carbonyl (C=O) groups is 1. The van der Waals surface area contributed by atoms with Crippen molar-refractivity contribution in [3.05, 3.63) is 34.3 Å². The van der Waals surface area contributed by atoms with Crippen molar-refractivity contribution >= 4 is 17.6 Å². The van der Waals surface area contributed by atoms with Crippen molar-refractivity contribution in [3.63, 3.8) is 0 Å². The Labute approximate surface area is 113 Å². The van der Waals surface area contributed by atoms with Crippen LogP contribution in [0.4, 0.5) is 13.2 Å². The van der Waals surface area contributed by atoms with Crippen molar-refractivity contribution in [2.45, 2.75) is 25.6 Å². The van der Waals surface area contributed by atoms with Gasteiger partial charge in [0.15, 0.2) is 0 Å². The molecule has 7 heteroatoms. The van der Waals surface area contributed by atoms with Gasteiger partial charge in [-0.1, -0.05) is 11.6 Å². The van der Waals surface area contributed by atoms with E-state index in [1.165, 1.54) is 0 Å². The first-order chi connectivity index (χ1) is 8.75. The van der Waals surface area contributed by atoms with Crippen LogP contribution in [0.1, 0.15) is 18.1 Å². The Bertz CT molecular complexity index is 463. The average Bonchev–Trinajstić information content (AvgIpc) is 2.27. The van der Waals surface area contributed by atoms with E-state index < -0.39 is 23.8 Å². The topological polar surface area (TPSA) is 52.3 Å². The lowest BCUT2D eigenvalue weighted by atomic mass is 10.00. The predicted molar refractivity (Wildman–Crippen MR) is 64.8 cm³/mol. The van der Waals surface area contributed by atoms with Gasteiger partial charge in [-0.15, -0.1) is 0 Å². The first-order valence-electron chi connectivity index (χ1n) is 5.53. The minimum Gasteiger partial charge on any atom is -0.465 e. The molecule has 1 rings (SSSR count). The predicted octanol–water partition coefficient (Wildman–Crippen LogP) is 2.79. The van der Waals surface area contributed by atoms with E-state index in [-0.39, 0.29) is 23.6 Å². The maximum Gasteiger partial charge on any atom is 0.416 e. The number of benzene rings is 1. The summed E-state index contributed by atoms with van der Waals surface area (Å²) in [6, 6.07) is 2.02. The zero-order valence-electron chi connectivity index (χ0n) is 10.1. The van der Waals surface area contributed by atoms with E-state index in [4.69, 9.17) is 17.3 Å². The number of hydrogen-bond donors (Lipinski definition) is 1. The smallest absolute Gasteiger partial charge is 0.416 e. The second kappa shape index (κ2) is 6.25. The van der Waals surface area contributed by atoms with Gasteiger partial charge in [-0.3, -0.25) is 4.79 Å². The number of nitrogens with two attached hydrogens (primary N) is 1. The summed E-state index contributed by atoms with van der Waals surface area (Å²) in [6.07, 6.45) is -4.80. The molecule has 0 radical (unpaired) electrons. The summed E-state index contributed by atoms with van der Waals surface area (Å²) >= 11 is 5.67. The first-order valence-corrected chi connectivity index (χ1v) is 5.91. The quantitative estimate of drug-likeness (QED) is 0.869. The summed E-state index contributed by atoms with van der Waals surface area (Å²) in [6.45, 7) is 1.71. The molecule has 0 aliphatic carbocycles. The molecule has 0 heterocycles. The second-order valence-electron chi connectivity index (χ2n) is 3.86. The molecule has 0 saturated carbocycles. The Morgan fingerprint density at radius 1 is 1.47 bits per heavy atom. The molecule has 19 heavy (non-hydrogen) atoms. The monoisotopic (exact) mass is 295 g/mol. The summed E-state index contributed by atoms with van der Waals surface area (Å²) < 4.78 is 43.0. The number of hydrogen-bond acceptors (Lipinski definition) is 3. The van der Waals surface area contributed by atoms with Crippen molar-refractivity contribution in [1.29, 1.82) is 0 Å². The van der Waals surface area contributed by atoms with Gasteiger partial charge in [-0.25, -0.2) is 0 Å². The molecule has 0 aromatic heterocycles. The van der Waals surface area contributed by atoms with Gasteiger partial charge in [0.05, 0.1) is 12.2 Å². The van der Waals surface area contributed by atoms with Crippen LogP contribution in [0.3, 0.4) is 0 Å². The van der Waals surface area contributed by atoms with Crippen LogP contribution in [-0.4, -0.2) is 18.6 Å². The highest BCUT2D eigenvalue weighted by molar-refractivity contribution is 6.30. The molecular formula is C12H13ClF3NO2. The minimum atomic E-state index is -4.52. The second-order valence-corrected chi connectivity index (χ2v) is 4.30. The third-order valence-electron chi connectivity index (χ3n) is 2.40. The molecule has 0 saturated heterocycles. The van der Waals surface area contributed by atoms with E-state index in [1.807, 2.05) is 0 Å². The van der Waals surface area contributed by atoms with Crippen LogP contribution in [0.2, 0.25) is 5.02 Å². The Balaban J connectivity index is 2.99. The SMILES string of the molecule is CCOC(=O)C(N)Cc1cc(Cl)ccc1C(F)(F)F. The van der Waals surface area contributed by atoms with Gasteiger partial charge in [-0.05, 0) is 37.1 Å². The number of esters is 1. The molecule has 0 spiro atoms. The minimum absolute atomic E-state index is 0.119. The summed E-state index contributed by atoms with van der Waals surface area (Å²) in [5, 5.41) is 0.152. The van der Waals surface area contributed by atoms with Gasteiger partial charge < -0.3 is 10.5 Å². The van der Waals surface area contributed by atoms with Crippen LogP contribution in [0.15, 0.2) is 18.2 Å². The van der Waals surface area contributed by atoms with Gasteiger partial charge in [0, 0.05) is 5.02 Å². The fourth-order valence-corrected chi connectivity index (χ4v) is 1.77. The number of alkyl halides is 3. The van der Waals surface area contributed by atoms with E-state index in [9.17, 15) is 18.0 Å². The van der Waals surface area contributed by atoms with Crippen molar-refractivity contribution in [3.8, 4) is 0 Å². The van der Waals surface area contributed by atoms with Gasteiger partial charge in [-0.2, -0.15) is 13.2 Å². The molecule has 0 bridgehead atoms. The molecule has 0 aliphatic heterocycles. The molecule has 1 unspecified atom stereocenters. The highest BCUT2D eigenvalue weighted by atomic mass is 35.5. The Hall–Kier alpha value is -1.27. The highest BCUT2D eigenvalue weighted by Gasteiger charge is 2.34. The maximum atomic E-state index is 12.8. The first kappa shape index (κ1) is 15.8. The van der Waals surface area contributed by atoms with Gasteiger partial charge in [0.1, 0.15) is 6.04 Å². The highest BCUT2D eigenvalue weighted by Crippen LogP contribution is 2.33. The van der Waals surface area contributed by atoms with E-state index in [0.717, 1.165) is 18.2 Å². The number of halogens is 4. The summed E-state index contributed by atoms with van der Waals surface area (Å²) in [5.41, 5.74) is 4.54. The molecule has 0 fully saturated rings. The lowest BCUT2D eigenvalue weighted by Crippen LogP contribution is -2.35. The molecule has 0 amide bonds. The Morgan fingerprint density at radius 3 is 2.63 bits per heavy atom. The molecule has 1 aromatic rings. The van der Waals surface area contributed by atoms with Gasteiger partial charge >= 0.3 is 12.1 Å². The van der Waals surface area contributed by atoms with Crippen LogP contribution < -0.4 is 5.73 Å². The average molecular weight is 296 g/mol. The molecule has 2 N–H and O–H groups in total. The maximum absolute atomic E-state index is 12.8. The van der Waals surface area contributed by atoms with Crippen LogP contribution >= 0.6 is 11.6 Å². The zero-order chi connectivity index (χ0) is 14.6. The summed E-state index contributed by atoms with van der Waals surface area (Å²) in [7, 11) is 0. The van der Waals surface area contributed by atoms with E-state index in [1.54, 1.807) is 6.92 Å². The van der Waals surface area contributed by atoms with E-state index in [2.05, 4.69) is 4.74 Å². The van der Waals surface area contributed by atoms with Crippen molar-refractivity contribution < 1.29 is 22.7 Å². The fraction of sp³-hybridized carbons (Fsp3) is 0.417. The van der Waals surface area contributed by atoms with Crippen molar-refractivity contribution in [2.24, 2.45) is 5.73 Å². The third kappa shape index (κ3) is 4.40. The van der Waals surface area contributed by atoms with Crippen LogP contribution in [0.25, 0.3) is 0 Å². The Morgan fingerprint density at radius 2 is 2.11 bits per heavy atom. The molecule has 106 valence electrons. The molecule has 1 atom stereocenters. The number of ether oxygens (including phenoxy) is 1. The van der Waals surface area contributed by atoms with Gasteiger partial charge in [0.2, 0.25) is 0 Å². The lowest BCUT2D eigenvalue weighted by Gasteiger charge is -2.16. The number of carbonyl (C=O) groups excluding carboxylic acids is 1. The third-order valence-corrected chi connectivity index (χ3v) is 2.64. The van der Waals surface area contributed by atoms with Gasteiger partial charge in [0.25, 0.3) is 0 Å². The zero-order valence-corrected chi connectivity index (χ0v) is 10.9. The lowest BCUT2D eigenvalue weighted by molar-refractivity contribution is -0.145. The standard InChI is InChI=1S/C12H13ClF3NO2/c1-2-19-11(18)10(17)6-7-5-8(13)3-4-9(7)12(14,15)16/h3-5,10H,2,6,17H2,1H3. The number of rotatable bonds is 4. The van der Waals surface area contributed by atoms with Crippen LogP contribution in [0.5, 0.6) is 0 Å². The van der Waals surface area contributed by atoms with E-state index >= 15 is 0 Å². The molecule has 1 aromatic carbocycles. The Kier molecular flexibility index (Phi) is 5.20. The van der Waals surface area contributed by atoms with Crippen LogP contribution in [-0.2, 0) is 22.1 Å². The molecule has 3 nitrogen and oxygen atoms in total. The molecule has 0 aliphatic rings. The fourth-order valence-electron chi connectivity index (χ4n) is 1.58. The van der Waals surface area contributed by atoms with Crippen molar-refractivity contribution in [1.82, 2.24) is 0 Å². The van der Waals surface area contributed by atoms with Crippen molar-refractivity contribution in [2.75, 3.05) is 6.61 Å². The van der Waals surface area contributed by atoms with E-state index in [0.29, 0.717) is 0 Å². The largest absolute Gasteiger partial charge is 0.465 e. The van der Waals surface area contributed by atoms with Crippen LogP contribution in [0, 0.1) is 0 Å².